The Morgan fingerprint density at radius 2 is 2.33 bits per heavy atom. The summed E-state index contributed by atoms with van der Waals surface area (Å²) in [6.07, 6.45) is 1.93. The summed E-state index contributed by atoms with van der Waals surface area (Å²) in [5, 5.41) is 10.3. The average Bonchev–Trinajstić information content (AvgIpc) is 2.60. The van der Waals surface area contributed by atoms with Crippen LogP contribution in [0.4, 0.5) is 5.88 Å². The number of hydrogen-bond acceptors (Lipinski definition) is 4. The molecule has 0 unspecified atom stereocenters. The topological polar surface area (TPSA) is 65.5 Å². The van der Waals surface area contributed by atoms with Crippen molar-refractivity contribution in [2.75, 3.05) is 6.61 Å². The molecule has 0 amide bonds. The van der Waals surface area contributed by atoms with E-state index in [1.165, 1.54) is 11.6 Å². The molecule has 0 aromatic carbocycles. The molecule has 1 aromatic heterocycles. The van der Waals surface area contributed by atoms with Gasteiger partial charge >= 0.3 is 5.88 Å². The van der Waals surface area contributed by atoms with Crippen molar-refractivity contribution in [2.45, 2.75) is 20.5 Å². The molecule has 0 aliphatic rings. The van der Waals surface area contributed by atoms with E-state index in [4.69, 9.17) is 9.15 Å². The van der Waals surface area contributed by atoms with E-state index >= 15 is 0 Å². The Morgan fingerprint density at radius 3 is 2.87 bits per heavy atom. The Hall–Kier alpha value is -1.62. The van der Waals surface area contributed by atoms with Crippen LogP contribution in [-0.2, 0) is 11.3 Å². The van der Waals surface area contributed by atoms with Crippen LogP contribution in [-0.4, -0.2) is 11.5 Å². The SMILES string of the molecule is CC(C)=CCOCc1ccc([N+](=O)[O-])o1. The van der Waals surface area contributed by atoms with Gasteiger partial charge in [0.1, 0.15) is 17.3 Å². The van der Waals surface area contributed by atoms with Gasteiger partial charge in [0.15, 0.2) is 0 Å². The minimum atomic E-state index is -0.570. The van der Waals surface area contributed by atoms with Crippen LogP contribution < -0.4 is 0 Å². The van der Waals surface area contributed by atoms with Crippen molar-refractivity contribution < 1.29 is 14.1 Å². The number of furan rings is 1. The molecule has 0 saturated carbocycles. The predicted octanol–water partition coefficient (Wildman–Crippen LogP) is 2.67. The molecule has 0 aliphatic carbocycles. The number of ether oxygens (including phenoxy) is 1. The van der Waals surface area contributed by atoms with E-state index in [1.54, 1.807) is 6.07 Å². The number of hydrogen-bond donors (Lipinski definition) is 0. The summed E-state index contributed by atoms with van der Waals surface area (Å²) < 4.78 is 10.1. The normalized spacial score (nSPS) is 10.0. The van der Waals surface area contributed by atoms with Crippen LogP contribution in [0.15, 0.2) is 28.2 Å². The lowest BCUT2D eigenvalue weighted by Gasteiger charge is -1.97. The summed E-state index contributed by atoms with van der Waals surface area (Å²) in [4.78, 5) is 9.73. The fourth-order valence-electron chi connectivity index (χ4n) is 0.927. The van der Waals surface area contributed by atoms with Gasteiger partial charge in [-0.15, -0.1) is 0 Å². The first kappa shape index (κ1) is 11.5. The molecule has 1 aromatic rings. The molecule has 5 nitrogen and oxygen atoms in total. The highest BCUT2D eigenvalue weighted by molar-refractivity contribution is 5.17. The van der Waals surface area contributed by atoms with Gasteiger partial charge in [0.2, 0.25) is 0 Å². The van der Waals surface area contributed by atoms with Crippen LogP contribution in [0.25, 0.3) is 0 Å². The first-order valence-electron chi connectivity index (χ1n) is 4.54. The molecule has 0 bridgehead atoms. The van der Waals surface area contributed by atoms with Crippen LogP contribution >= 0.6 is 0 Å². The van der Waals surface area contributed by atoms with E-state index < -0.39 is 4.92 Å². The summed E-state index contributed by atoms with van der Waals surface area (Å²) in [5.41, 5.74) is 1.17. The summed E-state index contributed by atoms with van der Waals surface area (Å²) in [6, 6.07) is 2.86. The monoisotopic (exact) mass is 211 g/mol. The lowest BCUT2D eigenvalue weighted by Crippen LogP contribution is -1.91. The van der Waals surface area contributed by atoms with Crippen molar-refractivity contribution in [1.29, 1.82) is 0 Å². The van der Waals surface area contributed by atoms with Gasteiger partial charge in [-0.05, 0) is 19.9 Å². The Bertz CT molecular complexity index is 363. The number of nitro groups is 1. The van der Waals surface area contributed by atoms with Gasteiger partial charge in [-0.2, -0.15) is 0 Å². The van der Waals surface area contributed by atoms with Crippen molar-refractivity contribution in [3.63, 3.8) is 0 Å². The second kappa shape index (κ2) is 5.31. The number of rotatable bonds is 5. The van der Waals surface area contributed by atoms with Gasteiger partial charge in [0.25, 0.3) is 0 Å². The lowest BCUT2D eigenvalue weighted by molar-refractivity contribution is -0.402. The largest absolute Gasteiger partial charge is 0.433 e. The quantitative estimate of drug-likeness (QED) is 0.325. The number of nitrogens with zero attached hydrogens (tertiary/aromatic N) is 1. The van der Waals surface area contributed by atoms with Crippen LogP contribution in [0, 0.1) is 10.1 Å². The Labute approximate surface area is 87.5 Å². The van der Waals surface area contributed by atoms with E-state index in [2.05, 4.69) is 0 Å². The molecule has 82 valence electrons. The highest BCUT2D eigenvalue weighted by Crippen LogP contribution is 2.16. The minimum Gasteiger partial charge on any atom is -0.403 e. The van der Waals surface area contributed by atoms with Crippen molar-refractivity contribution in [2.24, 2.45) is 0 Å². The molecule has 1 heterocycles. The second-order valence-corrected chi connectivity index (χ2v) is 3.29. The maximum atomic E-state index is 10.3. The zero-order chi connectivity index (χ0) is 11.3. The van der Waals surface area contributed by atoms with E-state index in [0.717, 1.165) is 0 Å². The van der Waals surface area contributed by atoms with Crippen molar-refractivity contribution in [3.05, 3.63) is 39.7 Å². The van der Waals surface area contributed by atoms with Gasteiger partial charge < -0.3 is 9.15 Å². The first-order chi connectivity index (χ1) is 7.09. The Kier molecular flexibility index (Phi) is 4.05. The average molecular weight is 211 g/mol. The van der Waals surface area contributed by atoms with Crippen molar-refractivity contribution in [3.8, 4) is 0 Å². The summed E-state index contributed by atoms with van der Waals surface area (Å²) in [6.45, 7) is 4.68. The fraction of sp³-hybridized carbons (Fsp3) is 0.400. The molecule has 0 atom stereocenters. The van der Waals surface area contributed by atoms with Crippen LogP contribution in [0.2, 0.25) is 0 Å². The summed E-state index contributed by atoms with van der Waals surface area (Å²) in [5.74, 6) is 0.208. The minimum absolute atomic E-state index is 0.248. The molecule has 0 radical (unpaired) electrons. The maximum Gasteiger partial charge on any atom is 0.433 e. The molecule has 15 heavy (non-hydrogen) atoms. The van der Waals surface area contributed by atoms with E-state index in [1.807, 2.05) is 19.9 Å². The third-order valence-corrected chi connectivity index (χ3v) is 1.68. The molecule has 0 aliphatic heterocycles. The molecule has 0 spiro atoms. The summed E-state index contributed by atoms with van der Waals surface area (Å²) >= 11 is 0. The van der Waals surface area contributed by atoms with Gasteiger partial charge in [-0.25, -0.2) is 0 Å². The predicted molar refractivity (Wildman–Crippen MR) is 54.4 cm³/mol. The summed E-state index contributed by atoms with van der Waals surface area (Å²) in [7, 11) is 0. The molecule has 5 heteroatoms. The fourth-order valence-corrected chi connectivity index (χ4v) is 0.927. The molecule has 0 saturated heterocycles. The van der Waals surface area contributed by atoms with Gasteiger partial charge in [-0.1, -0.05) is 11.6 Å². The molecule has 0 fully saturated rings. The number of allylic oxidation sites excluding steroid dienone is 1. The first-order valence-corrected chi connectivity index (χ1v) is 4.54. The van der Waals surface area contributed by atoms with Gasteiger partial charge in [0, 0.05) is 0 Å². The third kappa shape index (κ3) is 3.95. The van der Waals surface area contributed by atoms with E-state index in [0.29, 0.717) is 12.4 Å². The molecular formula is C10H13NO4. The van der Waals surface area contributed by atoms with Crippen LogP contribution in [0.5, 0.6) is 0 Å². The zero-order valence-electron chi connectivity index (χ0n) is 8.73. The van der Waals surface area contributed by atoms with E-state index in [-0.39, 0.29) is 12.5 Å². The third-order valence-electron chi connectivity index (χ3n) is 1.68. The van der Waals surface area contributed by atoms with Crippen molar-refractivity contribution in [1.82, 2.24) is 0 Å². The molecule has 1 rings (SSSR count). The smallest absolute Gasteiger partial charge is 0.403 e. The lowest BCUT2D eigenvalue weighted by atomic mass is 10.3. The standard InChI is InChI=1S/C10H13NO4/c1-8(2)5-6-14-7-9-3-4-10(15-9)11(12)13/h3-5H,6-7H2,1-2H3. The zero-order valence-corrected chi connectivity index (χ0v) is 8.73. The van der Waals surface area contributed by atoms with Gasteiger partial charge in [0.05, 0.1) is 12.7 Å². The molecule has 0 N–H and O–H groups in total. The van der Waals surface area contributed by atoms with Crippen LogP contribution in [0.3, 0.4) is 0 Å². The second-order valence-electron chi connectivity index (χ2n) is 3.29. The van der Waals surface area contributed by atoms with Gasteiger partial charge in [-0.3, -0.25) is 10.1 Å². The highest BCUT2D eigenvalue weighted by Gasteiger charge is 2.11. The maximum absolute atomic E-state index is 10.3. The molecular weight excluding hydrogens is 198 g/mol. The Balaban J connectivity index is 2.38. The highest BCUT2D eigenvalue weighted by atomic mass is 16.6. The van der Waals surface area contributed by atoms with E-state index in [9.17, 15) is 10.1 Å². The Morgan fingerprint density at radius 1 is 1.60 bits per heavy atom. The van der Waals surface area contributed by atoms with Crippen molar-refractivity contribution >= 4 is 5.88 Å². The van der Waals surface area contributed by atoms with Crippen LogP contribution in [0.1, 0.15) is 19.6 Å².